The molecule has 3 atom stereocenters. The highest BCUT2D eigenvalue weighted by Crippen LogP contribution is 2.46. The van der Waals surface area contributed by atoms with Crippen LogP contribution in [0.15, 0.2) is 30.3 Å². The molecule has 0 aromatic heterocycles. The van der Waals surface area contributed by atoms with E-state index in [1.807, 2.05) is 18.2 Å². The lowest BCUT2D eigenvalue weighted by Crippen LogP contribution is -2.46. The average molecular weight is 287 g/mol. The number of nitrogens with zero attached hydrogens (tertiary/aromatic N) is 1. The largest absolute Gasteiger partial charge is 0.393 e. The van der Waals surface area contributed by atoms with Crippen LogP contribution in [0.1, 0.15) is 44.6 Å². The van der Waals surface area contributed by atoms with Gasteiger partial charge in [0.2, 0.25) is 5.91 Å². The van der Waals surface area contributed by atoms with Crippen molar-refractivity contribution in [3.63, 3.8) is 0 Å². The van der Waals surface area contributed by atoms with Crippen LogP contribution >= 0.6 is 0 Å². The number of carbonyl (C=O) groups is 1. The van der Waals surface area contributed by atoms with Crippen molar-refractivity contribution in [2.45, 2.75) is 57.6 Å². The van der Waals surface area contributed by atoms with Crippen LogP contribution in [0, 0.1) is 5.41 Å². The highest BCUT2D eigenvalue weighted by Gasteiger charge is 2.48. The van der Waals surface area contributed by atoms with Gasteiger partial charge >= 0.3 is 0 Å². The van der Waals surface area contributed by atoms with Crippen LogP contribution in [0.4, 0.5) is 0 Å². The lowest BCUT2D eigenvalue weighted by molar-refractivity contribution is -0.134. The molecular formula is C18H25NO2. The van der Waals surface area contributed by atoms with Gasteiger partial charge in [-0.2, -0.15) is 0 Å². The minimum absolute atomic E-state index is 0.125. The number of rotatable bonds is 3. The number of hydrogen-bond donors (Lipinski definition) is 1. The Morgan fingerprint density at radius 1 is 1.33 bits per heavy atom. The summed E-state index contributed by atoms with van der Waals surface area (Å²) in [6.07, 6.45) is 4.91. The summed E-state index contributed by atoms with van der Waals surface area (Å²) in [4.78, 5) is 14.7. The van der Waals surface area contributed by atoms with Gasteiger partial charge in [-0.15, -0.1) is 0 Å². The van der Waals surface area contributed by atoms with E-state index in [0.29, 0.717) is 12.5 Å². The number of benzene rings is 1. The summed E-state index contributed by atoms with van der Waals surface area (Å²) in [7, 11) is 0. The van der Waals surface area contributed by atoms with Gasteiger partial charge in [0, 0.05) is 19.0 Å². The molecule has 3 heteroatoms. The van der Waals surface area contributed by atoms with E-state index in [2.05, 4.69) is 24.0 Å². The van der Waals surface area contributed by atoms with Crippen LogP contribution in [0.5, 0.6) is 0 Å². The molecule has 0 bridgehead atoms. The summed E-state index contributed by atoms with van der Waals surface area (Å²) in [6.45, 7) is 3.10. The minimum Gasteiger partial charge on any atom is -0.393 e. The Hall–Kier alpha value is -1.35. The molecule has 21 heavy (non-hydrogen) atoms. The fourth-order valence-corrected chi connectivity index (χ4v) is 4.15. The van der Waals surface area contributed by atoms with E-state index in [4.69, 9.17) is 0 Å². The summed E-state index contributed by atoms with van der Waals surface area (Å²) in [5.74, 6) is 0.281. The predicted octanol–water partition coefficient (Wildman–Crippen LogP) is 2.77. The Bertz CT molecular complexity index is 501. The molecule has 1 aliphatic carbocycles. The zero-order chi connectivity index (χ0) is 14.9. The number of carbonyl (C=O) groups excluding carboxylic acids is 1. The summed E-state index contributed by atoms with van der Waals surface area (Å²) in [5, 5.41) is 9.89. The van der Waals surface area contributed by atoms with Crippen LogP contribution in [0.2, 0.25) is 0 Å². The van der Waals surface area contributed by atoms with E-state index in [-0.39, 0.29) is 17.4 Å². The molecule has 0 radical (unpaired) electrons. The highest BCUT2D eigenvalue weighted by atomic mass is 16.3. The van der Waals surface area contributed by atoms with E-state index in [1.54, 1.807) is 0 Å². The second-order valence-electron chi connectivity index (χ2n) is 6.93. The van der Waals surface area contributed by atoms with Gasteiger partial charge in [-0.05, 0) is 43.1 Å². The molecule has 3 nitrogen and oxygen atoms in total. The minimum atomic E-state index is -0.175. The molecule has 0 unspecified atom stereocenters. The second kappa shape index (κ2) is 5.80. The molecule has 1 heterocycles. The topological polar surface area (TPSA) is 40.5 Å². The number of amides is 1. The van der Waals surface area contributed by atoms with E-state index >= 15 is 0 Å². The third-order valence-corrected chi connectivity index (χ3v) is 5.37. The SMILES string of the molecule is C[C@@]12CCN(C(=O)CCc3ccccc3)[C@@H]1CC[C@@H](O)C2. The molecule has 1 aromatic rings. The maximum absolute atomic E-state index is 12.6. The van der Waals surface area contributed by atoms with Gasteiger partial charge in [0.05, 0.1) is 6.10 Å². The number of fused-ring (bicyclic) bond motifs is 1. The summed E-state index contributed by atoms with van der Waals surface area (Å²) >= 11 is 0. The highest BCUT2D eigenvalue weighted by molar-refractivity contribution is 5.77. The molecule has 1 N–H and O–H groups in total. The number of aliphatic hydroxyl groups excluding tert-OH is 1. The van der Waals surface area contributed by atoms with Crippen molar-refractivity contribution < 1.29 is 9.90 Å². The smallest absolute Gasteiger partial charge is 0.223 e. The molecule has 1 aliphatic heterocycles. The zero-order valence-corrected chi connectivity index (χ0v) is 12.8. The van der Waals surface area contributed by atoms with Gasteiger partial charge in [0.1, 0.15) is 0 Å². The Labute approximate surface area is 127 Å². The van der Waals surface area contributed by atoms with Crippen LogP contribution in [-0.2, 0) is 11.2 Å². The lowest BCUT2D eigenvalue weighted by atomic mass is 9.71. The van der Waals surface area contributed by atoms with Crippen molar-refractivity contribution in [1.29, 1.82) is 0 Å². The Kier molecular flexibility index (Phi) is 4.03. The molecule has 1 saturated carbocycles. The van der Waals surface area contributed by atoms with Gasteiger partial charge in [-0.1, -0.05) is 37.3 Å². The standard InChI is InChI=1S/C18H25NO2/c1-18-11-12-19(16(18)9-8-15(20)13-18)17(21)10-7-14-5-3-2-4-6-14/h2-6,15-16,20H,7-13H2,1H3/t15-,16-,18+/m1/s1. The van der Waals surface area contributed by atoms with E-state index < -0.39 is 0 Å². The Balaban J connectivity index is 1.61. The van der Waals surface area contributed by atoms with Gasteiger partial charge in [-0.25, -0.2) is 0 Å². The summed E-state index contributed by atoms with van der Waals surface area (Å²) in [5.41, 5.74) is 1.35. The number of likely N-dealkylation sites (tertiary alicyclic amines) is 1. The third kappa shape index (κ3) is 2.98. The first-order chi connectivity index (χ1) is 10.1. The van der Waals surface area contributed by atoms with E-state index in [1.165, 1.54) is 5.56 Å². The molecule has 114 valence electrons. The predicted molar refractivity (Wildman–Crippen MR) is 82.8 cm³/mol. The third-order valence-electron chi connectivity index (χ3n) is 5.37. The summed E-state index contributed by atoms with van der Waals surface area (Å²) < 4.78 is 0. The van der Waals surface area contributed by atoms with Crippen molar-refractivity contribution >= 4 is 5.91 Å². The lowest BCUT2D eigenvalue weighted by Gasteiger charge is -2.41. The van der Waals surface area contributed by atoms with Crippen LogP contribution in [-0.4, -0.2) is 34.6 Å². The molecule has 1 aromatic carbocycles. The maximum Gasteiger partial charge on any atom is 0.223 e. The number of aliphatic hydroxyl groups is 1. The monoisotopic (exact) mass is 287 g/mol. The first-order valence-electron chi connectivity index (χ1n) is 8.10. The molecule has 3 rings (SSSR count). The molecule has 0 spiro atoms. The fourth-order valence-electron chi connectivity index (χ4n) is 4.15. The Morgan fingerprint density at radius 3 is 2.86 bits per heavy atom. The quantitative estimate of drug-likeness (QED) is 0.928. The normalized spacial score (nSPS) is 32.0. The maximum atomic E-state index is 12.6. The first-order valence-corrected chi connectivity index (χ1v) is 8.10. The van der Waals surface area contributed by atoms with Crippen LogP contribution in [0.3, 0.4) is 0 Å². The average Bonchev–Trinajstić information content (AvgIpc) is 2.82. The molecule has 2 aliphatic rings. The van der Waals surface area contributed by atoms with Gasteiger partial charge in [-0.3, -0.25) is 4.79 Å². The number of hydrogen-bond acceptors (Lipinski definition) is 2. The van der Waals surface area contributed by atoms with Crippen molar-refractivity contribution in [3.05, 3.63) is 35.9 Å². The molecule has 2 fully saturated rings. The zero-order valence-electron chi connectivity index (χ0n) is 12.8. The second-order valence-corrected chi connectivity index (χ2v) is 6.93. The van der Waals surface area contributed by atoms with Gasteiger partial charge in [0.25, 0.3) is 0 Å². The Morgan fingerprint density at radius 2 is 2.10 bits per heavy atom. The fraction of sp³-hybridized carbons (Fsp3) is 0.611. The van der Waals surface area contributed by atoms with Crippen molar-refractivity contribution in [3.8, 4) is 0 Å². The van der Waals surface area contributed by atoms with Crippen molar-refractivity contribution in [2.75, 3.05) is 6.54 Å². The molecule has 1 saturated heterocycles. The number of aryl methyl sites for hydroxylation is 1. The first kappa shape index (κ1) is 14.6. The van der Waals surface area contributed by atoms with Crippen LogP contribution in [0.25, 0.3) is 0 Å². The summed E-state index contributed by atoms with van der Waals surface area (Å²) in [6, 6.07) is 10.6. The molecule has 1 amide bonds. The van der Waals surface area contributed by atoms with E-state index in [9.17, 15) is 9.90 Å². The van der Waals surface area contributed by atoms with Crippen molar-refractivity contribution in [2.24, 2.45) is 5.41 Å². The van der Waals surface area contributed by atoms with Crippen molar-refractivity contribution in [1.82, 2.24) is 4.90 Å². The van der Waals surface area contributed by atoms with Gasteiger partial charge in [0.15, 0.2) is 0 Å². The van der Waals surface area contributed by atoms with Crippen LogP contribution < -0.4 is 0 Å². The van der Waals surface area contributed by atoms with E-state index in [0.717, 1.165) is 38.6 Å². The molecular weight excluding hydrogens is 262 g/mol. The van der Waals surface area contributed by atoms with Gasteiger partial charge < -0.3 is 10.0 Å².